The quantitative estimate of drug-likeness (QED) is 0.710. The van der Waals surface area contributed by atoms with Gasteiger partial charge < -0.3 is 19.5 Å². The van der Waals surface area contributed by atoms with Crippen LogP contribution in [0.1, 0.15) is 39.2 Å². The second-order valence-corrected chi connectivity index (χ2v) is 5.29. The largest absolute Gasteiger partial charge is 0.462 e. The topological polar surface area (TPSA) is 108 Å². The maximum absolute atomic E-state index is 12.5. The molecule has 0 aliphatic rings. The normalized spacial score (nSPS) is 10.4. The maximum Gasteiger partial charge on any atom is 0.342 e. The van der Waals surface area contributed by atoms with Gasteiger partial charge in [0.25, 0.3) is 5.91 Å². The predicted molar refractivity (Wildman–Crippen MR) is 90.4 cm³/mol. The van der Waals surface area contributed by atoms with E-state index in [4.69, 9.17) is 14.4 Å². The molecule has 0 saturated heterocycles. The SMILES string of the molecule is CCOC(=O)c1c(NC(=O)c2cc(C#N)oc2C)[nH]c2ccccc12. The molecule has 0 spiro atoms. The minimum absolute atomic E-state index is 0.0462. The summed E-state index contributed by atoms with van der Waals surface area (Å²) in [4.78, 5) is 27.9. The maximum atomic E-state index is 12.5. The highest BCUT2D eigenvalue weighted by Crippen LogP contribution is 2.28. The predicted octanol–water partition coefficient (Wildman–Crippen LogP) is 3.37. The molecule has 0 bridgehead atoms. The Morgan fingerprint density at radius 1 is 1.36 bits per heavy atom. The van der Waals surface area contributed by atoms with Crippen LogP contribution in [0.25, 0.3) is 10.9 Å². The van der Waals surface area contributed by atoms with Gasteiger partial charge >= 0.3 is 5.97 Å². The Bertz CT molecular complexity index is 1010. The number of carbonyl (C=O) groups is 2. The first-order chi connectivity index (χ1) is 12.0. The van der Waals surface area contributed by atoms with E-state index >= 15 is 0 Å². The van der Waals surface area contributed by atoms with Crippen molar-refractivity contribution in [1.29, 1.82) is 5.26 Å². The van der Waals surface area contributed by atoms with Crippen molar-refractivity contribution < 1.29 is 18.7 Å². The number of nitrogens with zero attached hydrogens (tertiary/aromatic N) is 1. The van der Waals surface area contributed by atoms with Gasteiger partial charge in [-0.05, 0) is 19.9 Å². The van der Waals surface area contributed by atoms with Gasteiger partial charge in [-0.25, -0.2) is 4.79 Å². The summed E-state index contributed by atoms with van der Waals surface area (Å²) < 4.78 is 10.3. The smallest absolute Gasteiger partial charge is 0.342 e. The number of nitriles is 1. The van der Waals surface area contributed by atoms with E-state index in [1.54, 1.807) is 32.0 Å². The number of carbonyl (C=O) groups excluding carboxylic acids is 2. The Hall–Kier alpha value is -3.53. The molecular formula is C18H15N3O4. The molecule has 1 aromatic carbocycles. The number of aryl methyl sites for hydroxylation is 1. The summed E-state index contributed by atoms with van der Waals surface area (Å²) in [6.07, 6.45) is 0. The fourth-order valence-electron chi connectivity index (χ4n) is 2.59. The number of hydrogen-bond donors (Lipinski definition) is 2. The average Bonchev–Trinajstić information content (AvgIpc) is 3.14. The third-order valence-corrected chi connectivity index (χ3v) is 3.70. The molecular weight excluding hydrogens is 322 g/mol. The summed E-state index contributed by atoms with van der Waals surface area (Å²) in [5, 5.41) is 12.2. The lowest BCUT2D eigenvalue weighted by Crippen LogP contribution is -2.15. The van der Waals surface area contributed by atoms with Gasteiger partial charge in [0, 0.05) is 17.0 Å². The van der Waals surface area contributed by atoms with Crippen LogP contribution in [0.4, 0.5) is 5.82 Å². The Morgan fingerprint density at radius 3 is 2.80 bits per heavy atom. The van der Waals surface area contributed by atoms with Crippen LogP contribution in [0.5, 0.6) is 0 Å². The van der Waals surface area contributed by atoms with Crippen molar-refractivity contribution in [1.82, 2.24) is 4.98 Å². The van der Waals surface area contributed by atoms with E-state index in [-0.39, 0.29) is 29.3 Å². The molecule has 0 saturated carbocycles. The van der Waals surface area contributed by atoms with Crippen LogP contribution in [0, 0.1) is 18.3 Å². The van der Waals surface area contributed by atoms with Crippen molar-refractivity contribution in [2.75, 3.05) is 11.9 Å². The van der Waals surface area contributed by atoms with E-state index in [1.807, 2.05) is 12.1 Å². The summed E-state index contributed by atoms with van der Waals surface area (Å²) in [6.45, 7) is 3.52. The molecule has 2 aromatic heterocycles. The lowest BCUT2D eigenvalue weighted by atomic mass is 10.1. The number of benzene rings is 1. The van der Waals surface area contributed by atoms with Crippen LogP contribution < -0.4 is 5.32 Å². The second-order valence-electron chi connectivity index (χ2n) is 5.29. The second kappa shape index (κ2) is 6.53. The molecule has 7 heteroatoms. The molecule has 126 valence electrons. The average molecular weight is 337 g/mol. The molecule has 0 fully saturated rings. The highest BCUT2D eigenvalue weighted by Gasteiger charge is 2.23. The van der Waals surface area contributed by atoms with Crippen LogP contribution in [-0.4, -0.2) is 23.5 Å². The number of para-hydroxylation sites is 1. The first-order valence-electron chi connectivity index (χ1n) is 7.64. The summed E-state index contributed by atoms with van der Waals surface area (Å²) in [5.41, 5.74) is 1.18. The van der Waals surface area contributed by atoms with Crippen molar-refractivity contribution >= 4 is 28.6 Å². The van der Waals surface area contributed by atoms with Crippen LogP contribution in [0.15, 0.2) is 34.7 Å². The Labute approximate surface area is 143 Å². The van der Waals surface area contributed by atoms with Crippen molar-refractivity contribution in [3.8, 4) is 6.07 Å². The molecule has 0 aliphatic heterocycles. The highest BCUT2D eigenvalue weighted by molar-refractivity contribution is 6.14. The number of amides is 1. The minimum Gasteiger partial charge on any atom is -0.462 e. The lowest BCUT2D eigenvalue weighted by molar-refractivity contribution is 0.0530. The van der Waals surface area contributed by atoms with E-state index in [9.17, 15) is 9.59 Å². The molecule has 2 N–H and O–H groups in total. The monoisotopic (exact) mass is 337 g/mol. The number of furan rings is 1. The van der Waals surface area contributed by atoms with Gasteiger partial charge in [-0.1, -0.05) is 18.2 Å². The van der Waals surface area contributed by atoms with Gasteiger partial charge in [0.15, 0.2) is 0 Å². The molecule has 0 unspecified atom stereocenters. The fourth-order valence-corrected chi connectivity index (χ4v) is 2.59. The molecule has 2 heterocycles. The number of aromatic nitrogens is 1. The van der Waals surface area contributed by atoms with Crippen molar-refractivity contribution in [3.63, 3.8) is 0 Å². The molecule has 0 radical (unpaired) electrons. The van der Waals surface area contributed by atoms with Gasteiger partial charge in [0.2, 0.25) is 5.76 Å². The number of ether oxygens (including phenoxy) is 1. The number of aromatic amines is 1. The third kappa shape index (κ3) is 2.97. The molecule has 7 nitrogen and oxygen atoms in total. The van der Waals surface area contributed by atoms with E-state index in [0.717, 1.165) is 0 Å². The summed E-state index contributed by atoms with van der Waals surface area (Å²) in [7, 11) is 0. The standard InChI is InChI=1S/C18H15N3O4/c1-3-24-18(23)15-12-6-4-5-7-14(12)20-16(15)21-17(22)13-8-11(9-19)25-10(13)2/h4-8,20H,3H2,1-2H3,(H,21,22). The Balaban J connectivity index is 2.02. The first kappa shape index (κ1) is 16.3. The summed E-state index contributed by atoms with van der Waals surface area (Å²) in [5.74, 6) is -0.409. The number of hydrogen-bond acceptors (Lipinski definition) is 5. The summed E-state index contributed by atoms with van der Waals surface area (Å²) in [6, 6.07) is 10.4. The number of anilines is 1. The zero-order valence-corrected chi connectivity index (χ0v) is 13.7. The number of esters is 1. The van der Waals surface area contributed by atoms with E-state index in [1.165, 1.54) is 6.07 Å². The van der Waals surface area contributed by atoms with E-state index < -0.39 is 11.9 Å². The van der Waals surface area contributed by atoms with Crippen LogP contribution in [0.3, 0.4) is 0 Å². The van der Waals surface area contributed by atoms with Crippen LogP contribution >= 0.6 is 0 Å². The molecule has 3 rings (SSSR count). The van der Waals surface area contributed by atoms with Gasteiger partial charge in [0.05, 0.1) is 12.2 Å². The van der Waals surface area contributed by atoms with Crippen LogP contribution in [0.2, 0.25) is 0 Å². The van der Waals surface area contributed by atoms with Crippen LogP contribution in [-0.2, 0) is 4.74 Å². The molecule has 3 aromatic rings. The lowest BCUT2D eigenvalue weighted by Gasteiger charge is -2.06. The van der Waals surface area contributed by atoms with Gasteiger partial charge in [0.1, 0.15) is 23.2 Å². The highest BCUT2D eigenvalue weighted by atomic mass is 16.5. The summed E-state index contributed by atoms with van der Waals surface area (Å²) >= 11 is 0. The van der Waals surface area contributed by atoms with Crippen molar-refractivity contribution in [3.05, 3.63) is 53.0 Å². The Kier molecular flexibility index (Phi) is 4.27. The number of nitrogens with one attached hydrogen (secondary N) is 2. The molecule has 0 aliphatic carbocycles. The van der Waals surface area contributed by atoms with Gasteiger partial charge in [-0.2, -0.15) is 5.26 Å². The van der Waals surface area contributed by atoms with E-state index in [0.29, 0.717) is 16.7 Å². The van der Waals surface area contributed by atoms with E-state index in [2.05, 4.69) is 10.3 Å². The zero-order chi connectivity index (χ0) is 18.0. The zero-order valence-electron chi connectivity index (χ0n) is 13.7. The van der Waals surface area contributed by atoms with Crippen molar-refractivity contribution in [2.24, 2.45) is 0 Å². The minimum atomic E-state index is -0.531. The molecule has 25 heavy (non-hydrogen) atoms. The molecule has 1 amide bonds. The first-order valence-corrected chi connectivity index (χ1v) is 7.64. The third-order valence-electron chi connectivity index (χ3n) is 3.70. The number of fused-ring (bicyclic) bond motifs is 1. The number of rotatable bonds is 4. The molecule has 0 atom stereocenters. The van der Waals surface area contributed by atoms with Gasteiger partial charge in [-0.15, -0.1) is 0 Å². The number of H-pyrrole nitrogens is 1. The van der Waals surface area contributed by atoms with Gasteiger partial charge in [-0.3, -0.25) is 4.79 Å². The Morgan fingerprint density at radius 2 is 2.12 bits per heavy atom. The van der Waals surface area contributed by atoms with Crippen molar-refractivity contribution in [2.45, 2.75) is 13.8 Å². The fraction of sp³-hybridized carbons (Fsp3) is 0.167.